The average Bonchev–Trinajstić information content (AvgIpc) is 2.36. The molecule has 0 spiro atoms. The lowest BCUT2D eigenvalue weighted by Crippen LogP contribution is -2.50. The van der Waals surface area contributed by atoms with E-state index in [1.165, 1.54) is 12.1 Å². The number of nitrogens with one attached hydrogen (secondary N) is 3. The van der Waals surface area contributed by atoms with E-state index in [4.69, 9.17) is 17.0 Å². The van der Waals surface area contributed by atoms with Gasteiger partial charge < -0.3 is 10.1 Å². The molecule has 0 aliphatic carbocycles. The van der Waals surface area contributed by atoms with Crippen LogP contribution in [0.25, 0.3) is 0 Å². The molecule has 0 saturated heterocycles. The van der Waals surface area contributed by atoms with Crippen LogP contribution in [0.5, 0.6) is 0 Å². The number of benzene rings is 1. The van der Waals surface area contributed by atoms with Crippen LogP contribution in [0.2, 0.25) is 0 Å². The number of hydrogen-bond acceptors (Lipinski definition) is 3. The Balaban J connectivity index is 2.31. The van der Waals surface area contributed by atoms with Gasteiger partial charge in [0.1, 0.15) is 5.82 Å². The van der Waals surface area contributed by atoms with E-state index >= 15 is 0 Å². The van der Waals surface area contributed by atoms with Gasteiger partial charge in [-0.1, -0.05) is 12.1 Å². The Morgan fingerprint density at radius 2 is 2.20 bits per heavy atom. The van der Waals surface area contributed by atoms with E-state index in [0.29, 0.717) is 17.3 Å². The van der Waals surface area contributed by atoms with Gasteiger partial charge in [0.2, 0.25) is 5.91 Å². The fourth-order valence-electron chi connectivity index (χ4n) is 1.55. The van der Waals surface area contributed by atoms with Gasteiger partial charge in [-0.25, -0.2) is 4.39 Å². The first-order valence-electron chi connectivity index (χ1n) is 6.10. The minimum Gasteiger partial charge on any atom is -0.383 e. The normalized spacial score (nSPS) is 11.6. The molecule has 110 valence electrons. The Hall–Kier alpha value is -1.73. The van der Waals surface area contributed by atoms with Gasteiger partial charge in [-0.15, -0.1) is 0 Å². The molecule has 0 aliphatic heterocycles. The highest BCUT2D eigenvalue weighted by Crippen LogP contribution is 2.03. The van der Waals surface area contributed by atoms with E-state index in [9.17, 15) is 9.18 Å². The average molecular weight is 299 g/mol. The largest absolute Gasteiger partial charge is 0.383 e. The second-order valence-corrected chi connectivity index (χ2v) is 4.72. The number of carbonyl (C=O) groups is 1. The summed E-state index contributed by atoms with van der Waals surface area (Å²) in [5, 5.41) is 3.22. The third-order valence-corrected chi connectivity index (χ3v) is 2.58. The van der Waals surface area contributed by atoms with Crippen LogP contribution in [0.4, 0.5) is 4.39 Å². The van der Waals surface area contributed by atoms with Crippen molar-refractivity contribution in [3.63, 3.8) is 0 Å². The maximum absolute atomic E-state index is 13.0. The SMILES string of the molecule is COC[C@@H](C)NC(=S)NNC(=O)Cc1cccc(F)c1. The second-order valence-electron chi connectivity index (χ2n) is 4.31. The van der Waals surface area contributed by atoms with Gasteiger partial charge in [0, 0.05) is 13.2 Å². The summed E-state index contributed by atoms with van der Waals surface area (Å²) in [5.41, 5.74) is 5.61. The van der Waals surface area contributed by atoms with Crippen molar-refractivity contribution in [1.82, 2.24) is 16.2 Å². The molecule has 20 heavy (non-hydrogen) atoms. The summed E-state index contributed by atoms with van der Waals surface area (Å²) < 4.78 is 17.9. The zero-order chi connectivity index (χ0) is 15.0. The summed E-state index contributed by atoms with van der Waals surface area (Å²) in [6, 6.07) is 5.91. The molecule has 0 heterocycles. The summed E-state index contributed by atoms with van der Waals surface area (Å²) in [5.74, 6) is -0.673. The molecular weight excluding hydrogens is 281 g/mol. The number of rotatable bonds is 5. The molecule has 1 atom stereocenters. The molecule has 1 aromatic carbocycles. The molecule has 0 aliphatic rings. The zero-order valence-corrected chi connectivity index (χ0v) is 12.2. The maximum atomic E-state index is 13.0. The number of methoxy groups -OCH3 is 1. The van der Waals surface area contributed by atoms with Crippen LogP contribution >= 0.6 is 12.2 Å². The van der Waals surface area contributed by atoms with Gasteiger partial charge in [-0.2, -0.15) is 0 Å². The molecule has 5 nitrogen and oxygen atoms in total. The molecule has 1 amide bonds. The number of thiocarbonyl (C=S) groups is 1. The fraction of sp³-hybridized carbons (Fsp3) is 0.385. The number of halogens is 1. The lowest BCUT2D eigenvalue weighted by molar-refractivity contribution is -0.121. The molecular formula is C13H18FN3O2S. The van der Waals surface area contributed by atoms with Gasteiger partial charge in [0.15, 0.2) is 5.11 Å². The Kier molecular flexibility index (Phi) is 6.89. The number of ether oxygens (including phenoxy) is 1. The predicted octanol–water partition coefficient (Wildman–Crippen LogP) is 0.898. The molecule has 0 fully saturated rings. The lowest BCUT2D eigenvalue weighted by atomic mass is 10.1. The quantitative estimate of drug-likeness (QED) is 0.557. The second kappa shape index (κ2) is 8.44. The lowest BCUT2D eigenvalue weighted by Gasteiger charge is -2.16. The minimum absolute atomic E-state index is 0.0279. The van der Waals surface area contributed by atoms with E-state index < -0.39 is 0 Å². The number of hydrogen-bond donors (Lipinski definition) is 3. The maximum Gasteiger partial charge on any atom is 0.242 e. The molecule has 7 heteroatoms. The predicted molar refractivity (Wildman–Crippen MR) is 78.5 cm³/mol. The summed E-state index contributed by atoms with van der Waals surface area (Å²) in [7, 11) is 1.59. The monoisotopic (exact) mass is 299 g/mol. The van der Waals surface area contributed by atoms with Crippen LogP contribution < -0.4 is 16.2 Å². The van der Waals surface area contributed by atoms with Gasteiger partial charge in [0.25, 0.3) is 0 Å². The fourth-order valence-corrected chi connectivity index (χ4v) is 1.81. The Morgan fingerprint density at radius 1 is 1.45 bits per heavy atom. The van der Waals surface area contributed by atoms with E-state index in [-0.39, 0.29) is 24.2 Å². The molecule has 1 rings (SSSR count). The molecule has 0 bridgehead atoms. The highest BCUT2D eigenvalue weighted by molar-refractivity contribution is 7.80. The molecule has 1 aromatic rings. The van der Waals surface area contributed by atoms with Crippen molar-refractivity contribution in [2.24, 2.45) is 0 Å². The van der Waals surface area contributed by atoms with Crippen molar-refractivity contribution >= 4 is 23.2 Å². The van der Waals surface area contributed by atoms with Crippen molar-refractivity contribution in [3.05, 3.63) is 35.6 Å². The van der Waals surface area contributed by atoms with Crippen molar-refractivity contribution in [3.8, 4) is 0 Å². The molecule has 0 aromatic heterocycles. The van der Waals surface area contributed by atoms with Crippen LogP contribution in [0.1, 0.15) is 12.5 Å². The minimum atomic E-state index is -0.367. The Labute approximate surface area is 122 Å². The molecule has 0 unspecified atom stereocenters. The Bertz CT molecular complexity index is 471. The third kappa shape index (κ3) is 6.44. The van der Waals surface area contributed by atoms with Crippen LogP contribution in [-0.2, 0) is 16.0 Å². The number of amides is 1. The topological polar surface area (TPSA) is 62.4 Å². The highest BCUT2D eigenvalue weighted by atomic mass is 32.1. The first-order chi connectivity index (χ1) is 9.51. The molecule has 0 radical (unpaired) electrons. The van der Waals surface area contributed by atoms with E-state index in [0.717, 1.165) is 0 Å². The zero-order valence-electron chi connectivity index (χ0n) is 11.4. The van der Waals surface area contributed by atoms with Crippen molar-refractivity contribution in [2.45, 2.75) is 19.4 Å². The van der Waals surface area contributed by atoms with Crippen molar-refractivity contribution in [2.75, 3.05) is 13.7 Å². The van der Waals surface area contributed by atoms with E-state index in [2.05, 4.69) is 16.2 Å². The van der Waals surface area contributed by atoms with Crippen LogP contribution in [0, 0.1) is 5.82 Å². The first-order valence-corrected chi connectivity index (χ1v) is 6.51. The van der Waals surface area contributed by atoms with E-state index in [1.807, 2.05) is 6.92 Å². The summed E-state index contributed by atoms with van der Waals surface area (Å²) in [6.07, 6.45) is 0.0704. The standard InChI is InChI=1S/C13H18FN3O2S/c1-9(8-19-2)15-13(20)17-16-12(18)7-10-4-3-5-11(14)6-10/h3-6,9H,7-8H2,1-2H3,(H,16,18)(H2,15,17,20)/t9-/m1/s1. The van der Waals surface area contributed by atoms with Gasteiger partial charge in [-0.3, -0.25) is 15.6 Å². The highest BCUT2D eigenvalue weighted by Gasteiger charge is 2.06. The van der Waals surface area contributed by atoms with Gasteiger partial charge >= 0.3 is 0 Å². The first kappa shape index (κ1) is 16.3. The van der Waals surface area contributed by atoms with E-state index in [1.54, 1.807) is 19.2 Å². The van der Waals surface area contributed by atoms with Crippen LogP contribution in [0.3, 0.4) is 0 Å². The van der Waals surface area contributed by atoms with Crippen molar-refractivity contribution < 1.29 is 13.9 Å². The third-order valence-electron chi connectivity index (χ3n) is 2.36. The number of carbonyl (C=O) groups excluding carboxylic acids is 1. The summed E-state index contributed by atoms with van der Waals surface area (Å²) in [6.45, 7) is 2.39. The van der Waals surface area contributed by atoms with Crippen LogP contribution in [0.15, 0.2) is 24.3 Å². The Morgan fingerprint density at radius 3 is 2.85 bits per heavy atom. The van der Waals surface area contributed by atoms with Crippen LogP contribution in [-0.4, -0.2) is 30.8 Å². The summed E-state index contributed by atoms with van der Waals surface area (Å²) in [4.78, 5) is 11.6. The van der Waals surface area contributed by atoms with Gasteiger partial charge in [0.05, 0.1) is 13.0 Å². The number of hydrazine groups is 1. The summed E-state index contributed by atoms with van der Waals surface area (Å²) >= 11 is 5.00. The molecule has 3 N–H and O–H groups in total. The van der Waals surface area contributed by atoms with Gasteiger partial charge in [-0.05, 0) is 36.8 Å². The smallest absolute Gasteiger partial charge is 0.242 e. The molecule has 0 saturated carbocycles. The van der Waals surface area contributed by atoms with Crippen molar-refractivity contribution in [1.29, 1.82) is 0 Å².